The number of nitrogens with zero attached hydrogens (tertiary/aromatic N) is 5. The average molecular weight is 458 g/mol. The van der Waals surface area contributed by atoms with Crippen molar-refractivity contribution in [3.63, 3.8) is 0 Å². The van der Waals surface area contributed by atoms with E-state index in [4.69, 9.17) is 0 Å². The molecule has 0 atom stereocenters. The third-order valence-corrected chi connectivity index (χ3v) is 4.07. The van der Waals surface area contributed by atoms with Gasteiger partial charge in [0.05, 0.1) is 10.9 Å². The number of anilines is 1. The largest absolute Gasteiger partial charge is 0.311 e. The number of hydrogen-bond donors (Lipinski definition) is 1. The van der Waals surface area contributed by atoms with E-state index in [0.29, 0.717) is 20.7 Å². The first-order valence-corrected chi connectivity index (χ1v) is 8.29. The van der Waals surface area contributed by atoms with E-state index in [1.165, 1.54) is 11.6 Å². The van der Waals surface area contributed by atoms with Crippen LogP contribution in [0.15, 0.2) is 18.3 Å². The number of nitrogens with one attached hydrogen (secondary N) is 1. The summed E-state index contributed by atoms with van der Waals surface area (Å²) in [6.07, 6.45) is 1.56. The second kappa shape index (κ2) is 6.24. The van der Waals surface area contributed by atoms with Crippen molar-refractivity contribution in [3.05, 3.63) is 33.5 Å². The van der Waals surface area contributed by atoms with Gasteiger partial charge in [0.2, 0.25) is 11.7 Å². The molecule has 0 spiro atoms. The molecule has 25 heavy (non-hydrogen) atoms. The molecule has 1 N–H and O–H groups in total. The van der Waals surface area contributed by atoms with Crippen LogP contribution in [0.4, 0.5) is 14.6 Å². The Kier molecular flexibility index (Phi) is 4.39. The summed E-state index contributed by atoms with van der Waals surface area (Å²) >= 11 is 2.03. The van der Waals surface area contributed by atoms with Crippen LogP contribution >= 0.6 is 22.6 Å². The molecule has 3 heterocycles. The molecule has 3 aromatic heterocycles. The Morgan fingerprint density at radius 2 is 2.04 bits per heavy atom. The van der Waals surface area contributed by atoms with Gasteiger partial charge in [-0.25, -0.2) is 19.6 Å². The Hall–Kier alpha value is -2.24. The Labute approximate surface area is 155 Å². The van der Waals surface area contributed by atoms with E-state index in [2.05, 4.69) is 25.4 Å². The number of rotatable bonds is 3. The molecule has 1 amide bonds. The minimum Gasteiger partial charge on any atom is -0.311 e. The minimum atomic E-state index is -3.17. The van der Waals surface area contributed by atoms with Crippen molar-refractivity contribution < 1.29 is 13.6 Å². The number of amides is 1. The molecule has 7 nitrogen and oxygen atoms in total. The Morgan fingerprint density at radius 3 is 2.68 bits per heavy atom. The van der Waals surface area contributed by atoms with Crippen LogP contribution in [0.2, 0.25) is 0 Å². The molecule has 0 saturated heterocycles. The number of alkyl halides is 2. The maximum absolute atomic E-state index is 13.6. The van der Waals surface area contributed by atoms with Crippen molar-refractivity contribution in [2.75, 3.05) is 5.32 Å². The van der Waals surface area contributed by atoms with Crippen LogP contribution in [0.5, 0.6) is 0 Å². The quantitative estimate of drug-likeness (QED) is 0.610. The van der Waals surface area contributed by atoms with E-state index in [1.54, 1.807) is 25.3 Å². The first-order valence-electron chi connectivity index (χ1n) is 7.21. The van der Waals surface area contributed by atoms with E-state index >= 15 is 0 Å². The number of carbonyl (C=O) groups is 1. The standard InChI is InChI=1S/C15H13F2IN6O/c1-7-4-12(22-14(20-7)15(3,16)17)24-10-5-11(21-8(2)25)19-6-9(10)13(18)23-24/h4-6H,1-3H3,(H,19,21,25). The zero-order chi connectivity index (χ0) is 18.4. The summed E-state index contributed by atoms with van der Waals surface area (Å²) in [5, 5.41) is 7.66. The van der Waals surface area contributed by atoms with E-state index in [-0.39, 0.29) is 11.7 Å². The number of halogens is 3. The normalized spacial score (nSPS) is 11.8. The third-order valence-electron chi connectivity index (χ3n) is 3.27. The lowest BCUT2D eigenvalue weighted by Crippen LogP contribution is -2.16. The van der Waals surface area contributed by atoms with E-state index in [0.717, 1.165) is 12.3 Å². The van der Waals surface area contributed by atoms with Gasteiger partial charge in [0.25, 0.3) is 0 Å². The summed E-state index contributed by atoms with van der Waals surface area (Å²) in [5.41, 5.74) is 0.989. The molecule has 10 heteroatoms. The molecule has 0 aromatic carbocycles. The van der Waals surface area contributed by atoms with Gasteiger partial charge in [-0.3, -0.25) is 4.79 Å². The zero-order valence-corrected chi connectivity index (χ0v) is 15.7. The molecule has 0 saturated carbocycles. The topological polar surface area (TPSA) is 85.6 Å². The number of hydrogen-bond acceptors (Lipinski definition) is 5. The molecular formula is C15H13F2IN6O. The molecule has 3 aromatic rings. The predicted molar refractivity (Wildman–Crippen MR) is 95.8 cm³/mol. The van der Waals surface area contributed by atoms with Crippen molar-refractivity contribution in [2.24, 2.45) is 0 Å². The van der Waals surface area contributed by atoms with Gasteiger partial charge < -0.3 is 5.32 Å². The molecule has 3 rings (SSSR count). The van der Waals surface area contributed by atoms with Crippen molar-refractivity contribution in [1.82, 2.24) is 24.7 Å². The van der Waals surface area contributed by atoms with Crippen molar-refractivity contribution in [2.45, 2.75) is 26.7 Å². The fourth-order valence-corrected chi connectivity index (χ4v) is 2.89. The third kappa shape index (κ3) is 3.57. The molecular weight excluding hydrogens is 445 g/mol. The first-order chi connectivity index (χ1) is 11.6. The summed E-state index contributed by atoms with van der Waals surface area (Å²) in [4.78, 5) is 23.1. The highest BCUT2D eigenvalue weighted by atomic mass is 127. The molecule has 130 valence electrons. The highest BCUT2D eigenvalue weighted by Crippen LogP contribution is 2.27. The second-order valence-electron chi connectivity index (χ2n) is 5.55. The average Bonchev–Trinajstić information content (AvgIpc) is 2.82. The van der Waals surface area contributed by atoms with Crippen molar-refractivity contribution >= 4 is 45.2 Å². The van der Waals surface area contributed by atoms with Crippen LogP contribution < -0.4 is 5.32 Å². The minimum absolute atomic E-state index is 0.219. The number of fused-ring (bicyclic) bond motifs is 1. The summed E-state index contributed by atoms with van der Waals surface area (Å²) in [6, 6.07) is 3.18. The molecule has 0 aliphatic rings. The fraction of sp³-hybridized carbons (Fsp3) is 0.267. The van der Waals surface area contributed by atoms with Gasteiger partial charge in [-0.05, 0) is 29.5 Å². The predicted octanol–water partition coefficient (Wildman–Crippen LogP) is 3.19. The van der Waals surface area contributed by atoms with E-state index in [1.807, 2.05) is 22.6 Å². The Bertz CT molecular complexity index is 982. The second-order valence-corrected chi connectivity index (χ2v) is 6.57. The highest BCUT2D eigenvalue weighted by molar-refractivity contribution is 14.1. The van der Waals surface area contributed by atoms with E-state index < -0.39 is 11.7 Å². The molecule has 0 aliphatic heterocycles. The SMILES string of the molecule is CC(=O)Nc1cc2c(cn1)c(I)nn2-c1cc(C)nc(C(C)(F)F)n1. The lowest BCUT2D eigenvalue weighted by atomic mass is 10.3. The van der Waals surface area contributed by atoms with Gasteiger partial charge >= 0.3 is 5.92 Å². The van der Waals surface area contributed by atoms with Crippen LogP contribution in [0.1, 0.15) is 25.4 Å². The molecule has 0 bridgehead atoms. The first kappa shape index (κ1) is 17.6. The summed E-state index contributed by atoms with van der Waals surface area (Å²) < 4.78 is 29.4. The van der Waals surface area contributed by atoms with Gasteiger partial charge in [-0.1, -0.05) is 0 Å². The van der Waals surface area contributed by atoms with Crippen LogP contribution in [0, 0.1) is 10.6 Å². The molecule has 0 unspecified atom stereocenters. The molecule has 0 aliphatic carbocycles. The van der Waals surface area contributed by atoms with Gasteiger partial charge in [-0.15, -0.1) is 0 Å². The number of carbonyl (C=O) groups excluding carboxylic acids is 1. The number of pyridine rings is 1. The van der Waals surface area contributed by atoms with Crippen LogP contribution in [0.3, 0.4) is 0 Å². The summed E-state index contributed by atoms with van der Waals surface area (Å²) in [7, 11) is 0. The maximum atomic E-state index is 13.6. The van der Waals surface area contributed by atoms with Gasteiger partial charge in [0, 0.05) is 37.9 Å². The number of aryl methyl sites for hydroxylation is 1. The van der Waals surface area contributed by atoms with Gasteiger partial charge in [-0.2, -0.15) is 13.9 Å². The van der Waals surface area contributed by atoms with E-state index in [9.17, 15) is 13.6 Å². The lowest BCUT2D eigenvalue weighted by Gasteiger charge is -2.11. The van der Waals surface area contributed by atoms with Crippen LogP contribution in [0.25, 0.3) is 16.7 Å². The van der Waals surface area contributed by atoms with Gasteiger partial charge in [0.15, 0.2) is 5.82 Å². The fourth-order valence-electron chi connectivity index (χ4n) is 2.25. The number of aromatic nitrogens is 5. The van der Waals surface area contributed by atoms with Crippen LogP contribution in [-0.2, 0) is 10.7 Å². The summed E-state index contributed by atoms with van der Waals surface area (Å²) in [6.45, 7) is 3.73. The van der Waals surface area contributed by atoms with Gasteiger partial charge in [0.1, 0.15) is 9.52 Å². The molecule has 0 radical (unpaired) electrons. The Balaban J connectivity index is 2.21. The zero-order valence-electron chi connectivity index (χ0n) is 13.5. The summed E-state index contributed by atoms with van der Waals surface area (Å²) in [5.74, 6) is -3.45. The highest BCUT2D eigenvalue weighted by Gasteiger charge is 2.29. The Morgan fingerprint density at radius 1 is 1.32 bits per heavy atom. The smallest absolute Gasteiger partial charge is 0.303 e. The lowest BCUT2D eigenvalue weighted by molar-refractivity contribution is -0.114. The van der Waals surface area contributed by atoms with Crippen LogP contribution in [-0.4, -0.2) is 30.6 Å². The maximum Gasteiger partial charge on any atom is 0.303 e. The monoisotopic (exact) mass is 458 g/mol. The van der Waals surface area contributed by atoms with Crippen molar-refractivity contribution in [1.29, 1.82) is 0 Å². The molecule has 0 fully saturated rings. The van der Waals surface area contributed by atoms with Crippen molar-refractivity contribution in [3.8, 4) is 5.82 Å².